The first-order chi connectivity index (χ1) is 13.5. The lowest BCUT2D eigenvalue weighted by atomic mass is 10.0. The van der Waals surface area contributed by atoms with Crippen molar-refractivity contribution >= 4 is 17.5 Å². The van der Waals surface area contributed by atoms with Crippen LogP contribution >= 0.6 is 11.6 Å². The number of halogens is 1. The Kier molecular flexibility index (Phi) is 7.23. The Morgan fingerprint density at radius 1 is 1.25 bits per heavy atom. The quantitative estimate of drug-likeness (QED) is 0.723. The van der Waals surface area contributed by atoms with E-state index >= 15 is 0 Å². The number of rotatable bonds is 7. The van der Waals surface area contributed by atoms with Crippen LogP contribution in [0.15, 0.2) is 41.2 Å². The molecule has 1 fully saturated rings. The van der Waals surface area contributed by atoms with Gasteiger partial charge in [-0.05, 0) is 56.5 Å². The summed E-state index contributed by atoms with van der Waals surface area (Å²) in [4.78, 5) is 26.7. The summed E-state index contributed by atoms with van der Waals surface area (Å²) in [5, 5.41) is 7.84. The van der Waals surface area contributed by atoms with Gasteiger partial charge in [0.25, 0.3) is 5.56 Å². The molecule has 0 saturated carbocycles. The molecule has 0 aliphatic carbocycles. The van der Waals surface area contributed by atoms with Crippen LogP contribution in [0, 0.1) is 5.92 Å². The van der Waals surface area contributed by atoms with Crippen molar-refractivity contribution in [2.75, 3.05) is 26.2 Å². The highest BCUT2D eigenvalue weighted by Gasteiger charge is 2.15. The van der Waals surface area contributed by atoms with Gasteiger partial charge in [0.05, 0.1) is 5.69 Å². The second-order valence-corrected chi connectivity index (χ2v) is 7.91. The summed E-state index contributed by atoms with van der Waals surface area (Å²) < 4.78 is 1.20. The number of aromatic nitrogens is 2. The van der Waals surface area contributed by atoms with Crippen LogP contribution in [0.3, 0.4) is 0 Å². The average Bonchev–Trinajstić information content (AvgIpc) is 2.68. The molecule has 1 N–H and O–H groups in total. The van der Waals surface area contributed by atoms with E-state index in [-0.39, 0.29) is 18.0 Å². The summed E-state index contributed by atoms with van der Waals surface area (Å²) in [6, 6.07) is 10.3. The Morgan fingerprint density at radius 3 is 2.79 bits per heavy atom. The van der Waals surface area contributed by atoms with Crippen molar-refractivity contribution in [2.24, 2.45) is 5.92 Å². The minimum absolute atomic E-state index is 0.0823. The Balaban J connectivity index is 1.50. The molecule has 1 saturated heterocycles. The van der Waals surface area contributed by atoms with Gasteiger partial charge < -0.3 is 10.2 Å². The molecule has 1 aliphatic heterocycles. The predicted molar refractivity (Wildman–Crippen MR) is 111 cm³/mol. The Labute approximate surface area is 170 Å². The van der Waals surface area contributed by atoms with Crippen LogP contribution in [0.2, 0.25) is 5.02 Å². The molecule has 28 heavy (non-hydrogen) atoms. The molecule has 1 aromatic heterocycles. The Bertz CT molecular complexity index is 850. The lowest BCUT2D eigenvalue weighted by Crippen LogP contribution is -2.37. The Morgan fingerprint density at radius 2 is 2.04 bits per heavy atom. The molecule has 6 nitrogen and oxygen atoms in total. The molecular formula is C21H27ClN4O2. The molecule has 1 aromatic carbocycles. The SMILES string of the molecule is CC1CCCN(CCCNC(=O)Cn2nc(-c3ccc(Cl)cc3)ccc2=O)C1. The van der Waals surface area contributed by atoms with Crippen molar-refractivity contribution in [2.45, 2.75) is 32.7 Å². The van der Waals surface area contributed by atoms with E-state index in [0.717, 1.165) is 37.5 Å². The zero-order valence-electron chi connectivity index (χ0n) is 16.2. The molecule has 150 valence electrons. The first-order valence-corrected chi connectivity index (χ1v) is 10.2. The number of nitrogens with zero attached hydrogens (tertiary/aromatic N) is 3. The fourth-order valence-electron chi connectivity index (χ4n) is 3.55. The van der Waals surface area contributed by atoms with Gasteiger partial charge in [-0.3, -0.25) is 9.59 Å². The zero-order chi connectivity index (χ0) is 19.9. The third kappa shape index (κ3) is 5.91. The third-order valence-electron chi connectivity index (χ3n) is 5.01. The first-order valence-electron chi connectivity index (χ1n) is 9.84. The maximum Gasteiger partial charge on any atom is 0.267 e. The van der Waals surface area contributed by atoms with E-state index < -0.39 is 0 Å². The second-order valence-electron chi connectivity index (χ2n) is 7.47. The van der Waals surface area contributed by atoms with Gasteiger partial charge in [0.1, 0.15) is 6.54 Å². The molecule has 1 amide bonds. The molecule has 2 aromatic rings. The van der Waals surface area contributed by atoms with E-state index in [0.29, 0.717) is 17.3 Å². The number of hydrogen-bond acceptors (Lipinski definition) is 4. The van der Waals surface area contributed by atoms with Crippen molar-refractivity contribution in [3.63, 3.8) is 0 Å². The largest absolute Gasteiger partial charge is 0.354 e. The lowest BCUT2D eigenvalue weighted by molar-refractivity contribution is -0.121. The monoisotopic (exact) mass is 402 g/mol. The topological polar surface area (TPSA) is 67.2 Å². The molecule has 7 heteroatoms. The van der Waals surface area contributed by atoms with E-state index in [4.69, 9.17) is 11.6 Å². The van der Waals surface area contributed by atoms with Crippen LogP contribution in [0.25, 0.3) is 11.3 Å². The minimum atomic E-state index is -0.296. The summed E-state index contributed by atoms with van der Waals surface area (Å²) in [5.74, 6) is 0.559. The predicted octanol–water partition coefficient (Wildman–Crippen LogP) is 2.80. The Hall–Kier alpha value is -2.18. The third-order valence-corrected chi connectivity index (χ3v) is 5.27. The fourth-order valence-corrected chi connectivity index (χ4v) is 3.67. The van der Waals surface area contributed by atoms with Gasteiger partial charge >= 0.3 is 0 Å². The van der Waals surface area contributed by atoms with Crippen LogP contribution in [0.4, 0.5) is 0 Å². The van der Waals surface area contributed by atoms with Crippen LogP contribution in [0.5, 0.6) is 0 Å². The first kappa shape index (κ1) is 20.6. The van der Waals surface area contributed by atoms with E-state index in [9.17, 15) is 9.59 Å². The van der Waals surface area contributed by atoms with Gasteiger partial charge in [-0.15, -0.1) is 0 Å². The standard InChI is InChI=1S/C21H27ClN4O2/c1-16-4-2-12-25(14-16)13-3-11-23-20(27)15-26-21(28)10-9-19(24-26)17-5-7-18(22)8-6-17/h5-10,16H,2-4,11-15H2,1H3,(H,23,27). The number of likely N-dealkylation sites (tertiary alicyclic amines) is 1. The molecule has 0 bridgehead atoms. The van der Waals surface area contributed by atoms with E-state index in [1.54, 1.807) is 18.2 Å². The van der Waals surface area contributed by atoms with Crippen LogP contribution in [-0.2, 0) is 11.3 Å². The zero-order valence-corrected chi connectivity index (χ0v) is 17.0. The highest BCUT2D eigenvalue weighted by molar-refractivity contribution is 6.30. The summed E-state index contributed by atoms with van der Waals surface area (Å²) in [6.07, 6.45) is 3.47. The van der Waals surface area contributed by atoms with Crippen molar-refractivity contribution in [3.8, 4) is 11.3 Å². The number of piperidine rings is 1. The van der Waals surface area contributed by atoms with Crippen LogP contribution < -0.4 is 10.9 Å². The highest BCUT2D eigenvalue weighted by Crippen LogP contribution is 2.18. The van der Waals surface area contributed by atoms with E-state index in [1.165, 1.54) is 23.6 Å². The second kappa shape index (κ2) is 9.85. The van der Waals surface area contributed by atoms with Gasteiger partial charge in [0, 0.05) is 29.7 Å². The normalized spacial score (nSPS) is 17.4. The number of carbonyl (C=O) groups is 1. The smallest absolute Gasteiger partial charge is 0.267 e. The van der Waals surface area contributed by atoms with Gasteiger partial charge in [-0.2, -0.15) is 5.10 Å². The lowest BCUT2D eigenvalue weighted by Gasteiger charge is -2.30. The van der Waals surface area contributed by atoms with E-state index in [2.05, 4.69) is 22.2 Å². The van der Waals surface area contributed by atoms with Gasteiger partial charge in [0.2, 0.25) is 5.91 Å². The van der Waals surface area contributed by atoms with Crippen molar-refractivity contribution in [1.29, 1.82) is 0 Å². The maximum atomic E-state index is 12.2. The van der Waals surface area contributed by atoms with Gasteiger partial charge in [-0.25, -0.2) is 4.68 Å². The summed E-state index contributed by atoms with van der Waals surface area (Å²) in [6.45, 7) is 6.10. The van der Waals surface area contributed by atoms with Gasteiger partial charge in [-0.1, -0.05) is 30.7 Å². The molecule has 2 heterocycles. The molecule has 3 rings (SSSR count). The maximum absolute atomic E-state index is 12.2. The molecule has 0 spiro atoms. The fraction of sp³-hybridized carbons (Fsp3) is 0.476. The minimum Gasteiger partial charge on any atom is -0.354 e. The van der Waals surface area contributed by atoms with Crippen LogP contribution in [-0.4, -0.2) is 46.8 Å². The summed E-state index contributed by atoms with van der Waals surface area (Å²) in [5.41, 5.74) is 1.17. The number of amides is 1. The summed E-state index contributed by atoms with van der Waals surface area (Å²) >= 11 is 5.91. The van der Waals surface area contributed by atoms with Crippen molar-refractivity contribution < 1.29 is 4.79 Å². The van der Waals surface area contributed by atoms with Crippen molar-refractivity contribution in [1.82, 2.24) is 20.0 Å². The molecule has 0 radical (unpaired) electrons. The molecule has 1 unspecified atom stereocenters. The summed E-state index contributed by atoms with van der Waals surface area (Å²) in [7, 11) is 0. The molecular weight excluding hydrogens is 376 g/mol. The number of hydrogen-bond donors (Lipinski definition) is 1. The molecule has 1 atom stereocenters. The average molecular weight is 403 g/mol. The number of nitrogens with one attached hydrogen (secondary N) is 1. The number of carbonyl (C=O) groups excluding carboxylic acids is 1. The van der Waals surface area contributed by atoms with Gasteiger partial charge in [0.15, 0.2) is 0 Å². The van der Waals surface area contributed by atoms with Crippen molar-refractivity contribution in [3.05, 3.63) is 51.8 Å². The highest BCUT2D eigenvalue weighted by atomic mass is 35.5. The van der Waals surface area contributed by atoms with E-state index in [1.807, 2.05) is 12.1 Å². The van der Waals surface area contributed by atoms with Crippen LogP contribution in [0.1, 0.15) is 26.2 Å². The molecule has 1 aliphatic rings. The number of benzene rings is 1.